The summed E-state index contributed by atoms with van der Waals surface area (Å²) in [5.74, 6) is -1.18. The van der Waals surface area contributed by atoms with E-state index in [0.717, 1.165) is 10.2 Å². The van der Waals surface area contributed by atoms with Crippen molar-refractivity contribution in [3.05, 3.63) is 58.1 Å². The summed E-state index contributed by atoms with van der Waals surface area (Å²) in [5, 5.41) is 11.9. The molecule has 1 amide bonds. The van der Waals surface area contributed by atoms with Gasteiger partial charge in [-0.15, -0.1) is 11.3 Å². The molecule has 2 aromatic carbocycles. The smallest absolute Gasteiger partial charge is 0.338 e. The van der Waals surface area contributed by atoms with Crippen LogP contribution in [0.25, 0.3) is 10.2 Å². The second kappa shape index (κ2) is 7.30. The summed E-state index contributed by atoms with van der Waals surface area (Å²) in [4.78, 5) is 28.1. The molecule has 0 fully saturated rings. The molecule has 3 rings (SSSR count). The van der Waals surface area contributed by atoms with Crippen molar-refractivity contribution in [2.45, 2.75) is 0 Å². The average Bonchev–Trinajstić information content (AvgIpc) is 3.07. The highest BCUT2D eigenvalue weighted by atomic mass is 35.5. The van der Waals surface area contributed by atoms with Crippen molar-refractivity contribution >= 4 is 50.7 Å². The Hall–Kier alpha value is -2.95. The molecule has 0 bridgehead atoms. The monoisotopic (exact) mass is 371 g/mol. The molecule has 0 radical (unpaired) electrons. The van der Waals surface area contributed by atoms with Gasteiger partial charge in [-0.25, -0.2) is 9.78 Å². The van der Waals surface area contributed by atoms with Crippen LogP contribution in [0.15, 0.2) is 41.9 Å². The van der Waals surface area contributed by atoms with Crippen LogP contribution in [-0.4, -0.2) is 23.5 Å². The second-order valence-corrected chi connectivity index (χ2v) is 6.28. The number of hydrogen-bond acceptors (Lipinski definition) is 6. The molecule has 6 nitrogen and oxygen atoms in total. The minimum atomic E-state index is -0.614. The molecule has 1 aromatic heterocycles. The van der Waals surface area contributed by atoms with Gasteiger partial charge in [0.05, 0.1) is 32.5 Å². The van der Waals surface area contributed by atoms with E-state index in [1.54, 1.807) is 29.8 Å². The van der Waals surface area contributed by atoms with Gasteiger partial charge in [-0.1, -0.05) is 11.6 Å². The topological polar surface area (TPSA) is 92.1 Å². The molecule has 124 valence electrons. The largest absolute Gasteiger partial charge is 0.452 e. The van der Waals surface area contributed by atoms with E-state index >= 15 is 0 Å². The molecular formula is C17H10ClN3O3S. The first-order valence-electron chi connectivity index (χ1n) is 7.06. The molecule has 0 aliphatic carbocycles. The van der Waals surface area contributed by atoms with Crippen LogP contribution in [-0.2, 0) is 9.53 Å². The number of aromatic nitrogens is 1. The summed E-state index contributed by atoms with van der Waals surface area (Å²) in [6.07, 6.45) is 0. The number of halogens is 1. The number of carbonyl (C=O) groups is 2. The number of nitriles is 1. The number of amides is 1. The van der Waals surface area contributed by atoms with Gasteiger partial charge in [-0.3, -0.25) is 4.79 Å². The fourth-order valence-electron chi connectivity index (χ4n) is 2.10. The molecule has 0 saturated heterocycles. The predicted molar refractivity (Wildman–Crippen MR) is 94.7 cm³/mol. The normalized spacial score (nSPS) is 10.2. The van der Waals surface area contributed by atoms with E-state index in [-0.39, 0.29) is 11.3 Å². The van der Waals surface area contributed by atoms with Crippen LogP contribution < -0.4 is 5.32 Å². The molecular weight excluding hydrogens is 362 g/mol. The average molecular weight is 372 g/mol. The first-order chi connectivity index (χ1) is 12.1. The molecule has 0 saturated carbocycles. The zero-order valence-electron chi connectivity index (χ0n) is 12.7. The van der Waals surface area contributed by atoms with Crippen molar-refractivity contribution in [3.63, 3.8) is 0 Å². The number of esters is 1. The van der Waals surface area contributed by atoms with E-state index in [0.29, 0.717) is 10.6 Å². The van der Waals surface area contributed by atoms with Gasteiger partial charge in [-0.2, -0.15) is 5.26 Å². The summed E-state index contributed by atoms with van der Waals surface area (Å²) >= 11 is 7.26. The van der Waals surface area contributed by atoms with E-state index < -0.39 is 18.5 Å². The molecule has 25 heavy (non-hydrogen) atoms. The maximum absolute atomic E-state index is 12.1. The number of hydrogen-bond donors (Lipinski definition) is 1. The quantitative estimate of drug-likeness (QED) is 0.707. The van der Waals surface area contributed by atoms with Crippen molar-refractivity contribution in [1.82, 2.24) is 4.98 Å². The van der Waals surface area contributed by atoms with Crippen molar-refractivity contribution in [1.29, 1.82) is 5.26 Å². The minimum Gasteiger partial charge on any atom is -0.452 e. The number of nitrogens with zero attached hydrogens (tertiary/aromatic N) is 2. The first-order valence-corrected chi connectivity index (χ1v) is 8.32. The molecule has 3 aromatic rings. The van der Waals surface area contributed by atoms with Crippen LogP contribution in [0.2, 0.25) is 5.02 Å². The molecule has 1 N–H and O–H groups in total. The Morgan fingerprint density at radius 3 is 2.92 bits per heavy atom. The molecule has 0 aliphatic rings. The third kappa shape index (κ3) is 3.94. The van der Waals surface area contributed by atoms with Gasteiger partial charge in [0, 0.05) is 5.02 Å². The Morgan fingerprint density at radius 2 is 2.12 bits per heavy atom. The molecule has 1 heterocycles. The van der Waals surface area contributed by atoms with Gasteiger partial charge in [-0.05, 0) is 36.4 Å². The van der Waals surface area contributed by atoms with Crippen LogP contribution in [0, 0.1) is 11.3 Å². The Labute approximate surface area is 151 Å². The number of benzene rings is 2. The van der Waals surface area contributed by atoms with Crippen LogP contribution in [0.3, 0.4) is 0 Å². The van der Waals surface area contributed by atoms with Gasteiger partial charge in [0.15, 0.2) is 6.61 Å². The third-order valence-corrected chi connectivity index (χ3v) is 4.30. The zero-order chi connectivity index (χ0) is 17.8. The summed E-state index contributed by atoms with van der Waals surface area (Å²) in [7, 11) is 0. The standard InChI is InChI=1S/C17H10ClN3O3S/c18-12-3-1-11(7-19)14(6-12)21-16(22)8-24-17(23)10-2-4-13-15(5-10)25-9-20-13/h1-6,9H,8H2,(H,21,22). The number of carbonyl (C=O) groups excluding carboxylic acids is 2. The van der Waals surface area contributed by atoms with E-state index in [4.69, 9.17) is 21.6 Å². The highest BCUT2D eigenvalue weighted by Gasteiger charge is 2.13. The predicted octanol–water partition coefficient (Wildman–Crippen LogP) is 3.62. The van der Waals surface area contributed by atoms with Crippen LogP contribution in [0.5, 0.6) is 0 Å². The van der Waals surface area contributed by atoms with E-state index in [1.807, 2.05) is 6.07 Å². The molecule has 0 aliphatic heterocycles. The molecule has 0 spiro atoms. The van der Waals surface area contributed by atoms with Gasteiger partial charge in [0.25, 0.3) is 5.91 Å². The number of thiazole rings is 1. The highest BCUT2D eigenvalue weighted by Crippen LogP contribution is 2.21. The Morgan fingerprint density at radius 1 is 1.28 bits per heavy atom. The Kier molecular flexibility index (Phi) is 4.93. The Bertz CT molecular complexity index is 1010. The minimum absolute atomic E-state index is 0.264. The lowest BCUT2D eigenvalue weighted by Gasteiger charge is -2.08. The number of anilines is 1. The molecule has 0 atom stereocenters. The number of ether oxygens (including phenoxy) is 1. The number of fused-ring (bicyclic) bond motifs is 1. The maximum Gasteiger partial charge on any atom is 0.338 e. The highest BCUT2D eigenvalue weighted by molar-refractivity contribution is 7.16. The first kappa shape index (κ1) is 16.9. The van der Waals surface area contributed by atoms with Crippen molar-refractivity contribution in [2.24, 2.45) is 0 Å². The van der Waals surface area contributed by atoms with Crippen molar-refractivity contribution < 1.29 is 14.3 Å². The lowest BCUT2D eigenvalue weighted by Crippen LogP contribution is -2.21. The van der Waals surface area contributed by atoms with Crippen LogP contribution in [0.4, 0.5) is 5.69 Å². The van der Waals surface area contributed by atoms with E-state index in [1.165, 1.54) is 23.5 Å². The van der Waals surface area contributed by atoms with Crippen molar-refractivity contribution in [2.75, 3.05) is 11.9 Å². The van der Waals surface area contributed by atoms with Gasteiger partial charge in [0.2, 0.25) is 0 Å². The maximum atomic E-state index is 12.1. The van der Waals surface area contributed by atoms with Crippen molar-refractivity contribution in [3.8, 4) is 6.07 Å². The lowest BCUT2D eigenvalue weighted by atomic mass is 10.2. The van der Waals surface area contributed by atoms with Crippen LogP contribution in [0.1, 0.15) is 15.9 Å². The number of nitrogens with one attached hydrogen (secondary N) is 1. The molecule has 8 heteroatoms. The molecule has 0 unspecified atom stereocenters. The SMILES string of the molecule is N#Cc1ccc(Cl)cc1NC(=O)COC(=O)c1ccc2ncsc2c1. The van der Waals surface area contributed by atoms with Gasteiger partial charge in [0.1, 0.15) is 6.07 Å². The van der Waals surface area contributed by atoms with E-state index in [9.17, 15) is 9.59 Å². The number of rotatable bonds is 4. The summed E-state index contributed by atoms with van der Waals surface area (Å²) in [6.45, 7) is -0.475. The zero-order valence-corrected chi connectivity index (χ0v) is 14.2. The fraction of sp³-hybridized carbons (Fsp3) is 0.0588. The van der Waals surface area contributed by atoms with Crippen LogP contribution >= 0.6 is 22.9 Å². The summed E-state index contributed by atoms with van der Waals surface area (Å²) < 4.78 is 5.87. The fourth-order valence-corrected chi connectivity index (χ4v) is 2.99. The summed E-state index contributed by atoms with van der Waals surface area (Å²) in [5.41, 5.74) is 3.35. The van der Waals surface area contributed by atoms with Gasteiger partial charge < -0.3 is 10.1 Å². The second-order valence-electron chi connectivity index (χ2n) is 4.96. The summed E-state index contributed by atoms with van der Waals surface area (Å²) in [6, 6.07) is 11.4. The third-order valence-electron chi connectivity index (χ3n) is 3.28. The van der Waals surface area contributed by atoms with E-state index in [2.05, 4.69) is 10.3 Å². The van der Waals surface area contributed by atoms with Gasteiger partial charge >= 0.3 is 5.97 Å². The lowest BCUT2D eigenvalue weighted by molar-refractivity contribution is -0.119. The Balaban J connectivity index is 1.63.